The lowest BCUT2D eigenvalue weighted by atomic mass is 9.70. The van der Waals surface area contributed by atoms with E-state index in [9.17, 15) is 0 Å². The molecule has 0 N–H and O–H groups in total. The van der Waals surface area contributed by atoms with Crippen LogP contribution < -0.4 is 4.90 Å². The Morgan fingerprint density at radius 2 is 0.778 bits per heavy atom. The highest BCUT2D eigenvalue weighted by molar-refractivity contribution is 7.27. The minimum absolute atomic E-state index is 0.197. The Kier molecular flexibility index (Phi) is 8.86. The second-order valence-corrected chi connectivity index (χ2v) is 21.3. The number of hydrogen-bond donors (Lipinski definition) is 0. The predicted octanol–water partition coefficient (Wildman–Crippen LogP) is 19.2. The van der Waals surface area contributed by atoms with Gasteiger partial charge in [-0.25, -0.2) is 0 Å². The van der Waals surface area contributed by atoms with Crippen LogP contribution in [-0.2, 0) is 10.8 Å². The first kappa shape index (κ1) is 41.2. The third-order valence-electron chi connectivity index (χ3n) is 16.3. The van der Waals surface area contributed by atoms with Crippen LogP contribution in [0, 0.1) is 0 Å². The molecule has 2 heteroatoms. The summed E-state index contributed by atoms with van der Waals surface area (Å²) >= 11 is 1.93. The van der Waals surface area contributed by atoms with Crippen LogP contribution in [0.25, 0.3) is 86.9 Å². The molecule has 0 amide bonds. The summed E-state index contributed by atoms with van der Waals surface area (Å²) in [5.74, 6) is 0. The number of thiophene rings is 1. The maximum absolute atomic E-state index is 2.64. The molecule has 0 saturated heterocycles. The second kappa shape index (κ2) is 15.5. The molecule has 1 spiro atoms. The highest BCUT2D eigenvalue weighted by Gasteiger charge is 2.52. The first-order valence-electron chi connectivity index (χ1n) is 25.2. The summed E-state index contributed by atoms with van der Waals surface area (Å²) in [4.78, 5) is 2.64. The molecular weight excluding hydrogens is 887 g/mol. The van der Waals surface area contributed by atoms with Gasteiger partial charge in [0.15, 0.2) is 0 Å². The summed E-state index contributed by atoms with van der Waals surface area (Å²) < 4.78 is 2.54. The van der Waals surface area contributed by atoms with Gasteiger partial charge < -0.3 is 4.90 Å². The fourth-order valence-corrected chi connectivity index (χ4v) is 14.4. The van der Waals surface area contributed by atoms with Crippen LogP contribution in [0.1, 0.15) is 47.2 Å². The van der Waals surface area contributed by atoms with Gasteiger partial charge in [0, 0.05) is 37.7 Å². The van der Waals surface area contributed by atoms with Crippen LogP contribution in [0.3, 0.4) is 0 Å². The zero-order valence-electron chi connectivity index (χ0n) is 40.0. The summed E-state index contributed by atoms with van der Waals surface area (Å²) in [6, 6.07) is 93.6. The molecule has 0 aliphatic heterocycles. The van der Waals surface area contributed by atoms with Crippen molar-refractivity contribution in [2.75, 3.05) is 4.90 Å². The van der Waals surface area contributed by atoms with Crippen molar-refractivity contribution >= 4 is 48.6 Å². The predicted molar refractivity (Wildman–Crippen MR) is 304 cm³/mol. The third-order valence-corrected chi connectivity index (χ3v) is 17.5. The van der Waals surface area contributed by atoms with E-state index >= 15 is 0 Å². The molecule has 3 aliphatic carbocycles. The van der Waals surface area contributed by atoms with Crippen molar-refractivity contribution < 1.29 is 0 Å². The molecule has 1 aromatic heterocycles. The van der Waals surface area contributed by atoms with Crippen LogP contribution >= 0.6 is 11.3 Å². The Morgan fingerprint density at radius 1 is 0.306 bits per heavy atom. The molecule has 0 fully saturated rings. The van der Waals surface area contributed by atoms with E-state index in [4.69, 9.17) is 0 Å². The quantitative estimate of drug-likeness (QED) is 0.161. The second-order valence-electron chi connectivity index (χ2n) is 20.3. The van der Waals surface area contributed by atoms with E-state index in [-0.39, 0.29) is 5.41 Å². The molecular formula is C70H47NS. The lowest BCUT2D eigenvalue weighted by Crippen LogP contribution is -2.26. The average Bonchev–Trinajstić information content (AvgIpc) is 4.14. The van der Waals surface area contributed by atoms with Gasteiger partial charge in [-0.15, -0.1) is 11.3 Å². The van der Waals surface area contributed by atoms with Crippen LogP contribution in [0.2, 0.25) is 0 Å². The molecule has 0 saturated carbocycles. The highest BCUT2D eigenvalue weighted by Crippen LogP contribution is 2.65. The topological polar surface area (TPSA) is 3.24 Å². The molecule has 15 rings (SSSR count). The number of hydrogen-bond acceptors (Lipinski definition) is 2. The van der Waals surface area contributed by atoms with Gasteiger partial charge in [0.05, 0.1) is 21.5 Å². The Bertz CT molecular complexity index is 4130. The van der Waals surface area contributed by atoms with Gasteiger partial charge in [-0.2, -0.15) is 0 Å². The highest BCUT2D eigenvalue weighted by atomic mass is 32.1. The first-order valence-corrected chi connectivity index (χ1v) is 26.0. The normalized spacial score (nSPS) is 13.9. The van der Waals surface area contributed by atoms with Gasteiger partial charge in [-0.3, -0.25) is 0 Å². The van der Waals surface area contributed by atoms with Gasteiger partial charge in [0.25, 0.3) is 0 Å². The number of anilines is 3. The molecule has 0 radical (unpaired) electrons. The fourth-order valence-electron chi connectivity index (χ4n) is 13.1. The summed E-state index contributed by atoms with van der Waals surface area (Å²) in [5, 5.41) is 2.52. The molecule has 0 unspecified atom stereocenters. The Hall–Kier alpha value is -8.56. The molecule has 11 aromatic carbocycles. The number of benzene rings is 11. The SMILES string of the molecule is CC1(C)c2ccccc2-c2ccc(N(c3cccc4c3-c3ccccc3C43c4ccccc4-c4ccccc43)c3cc(-c4ccccc4)cc4c3sc3c(-c5ccccc5)cc(-c5ccccc5)cc34)cc21. The van der Waals surface area contributed by atoms with E-state index < -0.39 is 5.41 Å². The summed E-state index contributed by atoms with van der Waals surface area (Å²) in [5.41, 5.74) is 25.9. The van der Waals surface area contributed by atoms with E-state index in [1.807, 2.05) is 11.3 Å². The molecule has 0 bridgehead atoms. The van der Waals surface area contributed by atoms with E-state index in [0.717, 1.165) is 5.69 Å². The summed E-state index contributed by atoms with van der Waals surface area (Å²) in [6.07, 6.45) is 0. The molecule has 0 atom stereocenters. The minimum atomic E-state index is -0.487. The van der Waals surface area contributed by atoms with Gasteiger partial charge >= 0.3 is 0 Å². The van der Waals surface area contributed by atoms with Crippen molar-refractivity contribution in [2.45, 2.75) is 24.7 Å². The molecule has 72 heavy (non-hydrogen) atoms. The van der Waals surface area contributed by atoms with Gasteiger partial charge in [0.2, 0.25) is 0 Å². The van der Waals surface area contributed by atoms with Gasteiger partial charge in [-0.1, -0.05) is 220 Å². The number of fused-ring (bicyclic) bond motifs is 16. The molecule has 1 nitrogen and oxygen atoms in total. The van der Waals surface area contributed by atoms with Crippen LogP contribution in [0.15, 0.2) is 249 Å². The van der Waals surface area contributed by atoms with Gasteiger partial charge in [0.1, 0.15) is 0 Å². The van der Waals surface area contributed by atoms with E-state index in [0.29, 0.717) is 0 Å². The lowest BCUT2D eigenvalue weighted by molar-refractivity contribution is 0.660. The maximum Gasteiger partial charge on any atom is 0.0726 e. The Morgan fingerprint density at radius 3 is 1.40 bits per heavy atom. The van der Waals surface area contributed by atoms with E-state index in [2.05, 4.69) is 267 Å². The van der Waals surface area contributed by atoms with Crippen molar-refractivity contribution in [3.05, 3.63) is 282 Å². The monoisotopic (exact) mass is 933 g/mol. The largest absolute Gasteiger partial charge is 0.308 e. The van der Waals surface area contributed by atoms with Crippen LogP contribution in [0.4, 0.5) is 17.1 Å². The summed E-state index contributed by atoms with van der Waals surface area (Å²) in [6.45, 7) is 4.80. The lowest BCUT2D eigenvalue weighted by Gasteiger charge is -2.32. The Balaban J connectivity index is 1.08. The fraction of sp³-hybridized carbons (Fsp3) is 0.0571. The number of nitrogens with zero attached hydrogens (tertiary/aromatic N) is 1. The first-order chi connectivity index (χ1) is 35.5. The standard InChI is InChI=1S/C70H47NS/c1-69(2)58-31-16-12-27-50(58)53-38-37-49(43-63(53)69)71(64-36-20-35-62-66(64)54-30-15-19-34-61(54)70(62)59-32-17-13-28-51(59)52-29-14-18-33-60(52)70)65-42-48(45-23-8-4-9-24-45)41-57-56-40-47(44-21-6-3-7-22-44)39-55(67(56)72-68(57)65)46-25-10-5-11-26-46/h3-43H,1-2H3. The minimum Gasteiger partial charge on any atom is -0.308 e. The molecule has 3 aliphatic rings. The summed E-state index contributed by atoms with van der Waals surface area (Å²) in [7, 11) is 0. The zero-order valence-corrected chi connectivity index (χ0v) is 40.8. The third kappa shape index (κ3) is 5.70. The average molecular weight is 934 g/mol. The maximum atomic E-state index is 2.64. The van der Waals surface area contributed by atoms with Crippen molar-refractivity contribution in [3.8, 4) is 66.8 Å². The van der Waals surface area contributed by atoms with Crippen LogP contribution in [-0.4, -0.2) is 0 Å². The molecule has 12 aromatic rings. The number of rotatable bonds is 6. The van der Waals surface area contributed by atoms with Crippen molar-refractivity contribution in [2.24, 2.45) is 0 Å². The smallest absolute Gasteiger partial charge is 0.0726 e. The molecule has 338 valence electrons. The van der Waals surface area contributed by atoms with Crippen molar-refractivity contribution in [3.63, 3.8) is 0 Å². The van der Waals surface area contributed by atoms with Crippen molar-refractivity contribution in [1.29, 1.82) is 0 Å². The Labute approximate surface area is 424 Å². The van der Waals surface area contributed by atoms with E-state index in [1.54, 1.807) is 0 Å². The molecule has 1 heterocycles. The van der Waals surface area contributed by atoms with Gasteiger partial charge in [-0.05, 0) is 131 Å². The van der Waals surface area contributed by atoms with Crippen LogP contribution in [0.5, 0.6) is 0 Å². The van der Waals surface area contributed by atoms with Crippen molar-refractivity contribution in [1.82, 2.24) is 0 Å². The van der Waals surface area contributed by atoms with E-state index in [1.165, 1.54) is 132 Å². The zero-order chi connectivity index (χ0) is 47.7.